The first-order chi connectivity index (χ1) is 11.2. The summed E-state index contributed by atoms with van der Waals surface area (Å²) in [5.41, 5.74) is 1.77. The summed E-state index contributed by atoms with van der Waals surface area (Å²) >= 11 is 0. The van der Waals surface area contributed by atoms with Crippen molar-refractivity contribution in [2.75, 3.05) is 19.0 Å². The monoisotopic (exact) mass is 313 g/mol. The summed E-state index contributed by atoms with van der Waals surface area (Å²) in [6, 6.07) is 17.1. The Balaban J connectivity index is 2.12. The van der Waals surface area contributed by atoms with Gasteiger partial charge in [-0.05, 0) is 18.6 Å². The van der Waals surface area contributed by atoms with Crippen LogP contribution in [0.25, 0.3) is 0 Å². The molecule has 4 heteroatoms. The predicted octanol–water partition coefficient (Wildman–Crippen LogP) is 2.74. The lowest BCUT2D eigenvalue weighted by Gasteiger charge is -2.16. The van der Waals surface area contributed by atoms with E-state index in [0.717, 1.165) is 36.4 Å². The first-order valence-electron chi connectivity index (χ1n) is 8.07. The van der Waals surface area contributed by atoms with Crippen LogP contribution < -0.4 is 15.4 Å². The van der Waals surface area contributed by atoms with Gasteiger partial charge in [-0.15, -0.1) is 0 Å². The van der Waals surface area contributed by atoms with Gasteiger partial charge in [0.1, 0.15) is 5.75 Å². The van der Waals surface area contributed by atoms with E-state index in [1.165, 1.54) is 0 Å². The summed E-state index contributed by atoms with van der Waals surface area (Å²) in [7, 11) is 1.62. The van der Waals surface area contributed by atoms with Gasteiger partial charge in [0.25, 0.3) is 5.91 Å². The van der Waals surface area contributed by atoms with Crippen molar-refractivity contribution in [3.63, 3.8) is 0 Å². The lowest BCUT2D eigenvalue weighted by atomic mass is 10.1. The minimum Gasteiger partial charge on any atom is -0.497 e. The third-order valence-corrected chi connectivity index (χ3v) is 3.74. The molecule has 1 atom stereocenters. The number of quaternary nitrogens is 1. The zero-order chi connectivity index (χ0) is 16.5. The molecule has 1 amide bonds. The van der Waals surface area contributed by atoms with Crippen LogP contribution in [0.3, 0.4) is 0 Å². The number of nitrogens with one attached hydrogen (secondary N) is 1. The van der Waals surface area contributed by atoms with Gasteiger partial charge >= 0.3 is 0 Å². The van der Waals surface area contributed by atoms with E-state index in [4.69, 9.17) is 4.74 Å². The summed E-state index contributed by atoms with van der Waals surface area (Å²) in [5.74, 6) is 0.717. The van der Waals surface area contributed by atoms with Gasteiger partial charge in [0.15, 0.2) is 6.04 Å². The van der Waals surface area contributed by atoms with Crippen molar-refractivity contribution >= 4 is 11.6 Å². The van der Waals surface area contributed by atoms with Crippen LogP contribution in [0, 0.1) is 0 Å². The Bertz CT molecular complexity index is 614. The molecule has 0 saturated heterocycles. The molecule has 0 bridgehead atoms. The number of carbonyl (C=O) groups is 1. The van der Waals surface area contributed by atoms with Gasteiger partial charge in [-0.3, -0.25) is 4.79 Å². The van der Waals surface area contributed by atoms with Crippen LogP contribution in [0.2, 0.25) is 0 Å². The number of methoxy groups -OCH3 is 1. The molecule has 0 spiro atoms. The van der Waals surface area contributed by atoms with Gasteiger partial charge in [0, 0.05) is 17.3 Å². The van der Waals surface area contributed by atoms with Gasteiger partial charge in [-0.1, -0.05) is 49.7 Å². The number of ether oxygens (including phenoxy) is 1. The second kappa shape index (κ2) is 8.96. The maximum atomic E-state index is 12.7. The lowest BCUT2D eigenvalue weighted by molar-refractivity contribution is -0.682. The average Bonchev–Trinajstić information content (AvgIpc) is 2.59. The molecule has 0 fully saturated rings. The molecule has 4 nitrogen and oxygen atoms in total. The van der Waals surface area contributed by atoms with Crippen molar-refractivity contribution in [2.45, 2.75) is 25.8 Å². The number of benzene rings is 2. The Hall–Kier alpha value is -2.33. The molecular weight excluding hydrogens is 288 g/mol. The average molecular weight is 313 g/mol. The molecule has 122 valence electrons. The van der Waals surface area contributed by atoms with Crippen LogP contribution >= 0.6 is 0 Å². The van der Waals surface area contributed by atoms with E-state index < -0.39 is 0 Å². The second-order valence-electron chi connectivity index (χ2n) is 5.49. The van der Waals surface area contributed by atoms with Crippen molar-refractivity contribution in [1.82, 2.24) is 0 Å². The van der Waals surface area contributed by atoms with Gasteiger partial charge in [0.2, 0.25) is 0 Å². The SMILES string of the molecule is CCCC[NH2+][C@@H](C(=O)Nc1cccc(OC)c1)c1ccccc1. The molecule has 0 aromatic heterocycles. The molecule has 2 rings (SSSR count). The van der Waals surface area contributed by atoms with Gasteiger partial charge in [0.05, 0.1) is 13.7 Å². The summed E-state index contributed by atoms with van der Waals surface area (Å²) in [6.45, 7) is 3.09. The Labute approximate surface area is 137 Å². The van der Waals surface area contributed by atoms with E-state index in [1.54, 1.807) is 7.11 Å². The fourth-order valence-electron chi connectivity index (χ4n) is 2.46. The summed E-state index contributed by atoms with van der Waals surface area (Å²) < 4.78 is 5.20. The summed E-state index contributed by atoms with van der Waals surface area (Å²) in [4.78, 5) is 12.7. The Morgan fingerprint density at radius 2 is 1.96 bits per heavy atom. The molecule has 0 heterocycles. The number of amides is 1. The number of rotatable bonds is 8. The predicted molar refractivity (Wildman–Crippen MR) is 92.5 cm³/mol. The highest BCUT2D eigenvalue weighted by atomic mass is 16.5. The van der Waals surface area contributed by atoms with Gasteiger partial charge in [-0.2, -0.15) is 0 Å². The van der Waals surface area contributed by atoms with Gasteiger partial charge < -0.3 is 15.4 Å². The van der Waals surface area contributed by atoms with Crippen LogP contribution in [-0.4, -0.2) is 19.6 Å². The minimum absolute atomic E-state index is 0.0134. The molecule has 0 unspecified atom stereocenters. The number of unbranched alkanes of at least 4 members (excludes halogenated alkanes) is 1. The first-order valence-corrected chi connectivity index (χ1v) is 8.07. The molecule has 3 N–H and O–H groups in total. The highest BCUT2D eigenvalue weighted by molar-refractivity contribution is 5.94. The van der Waals surface area contributed by atoms with Crippen LogP contribution in [0.5, 0.6) is 5.75 Å². The Morgan fingerprint density at radius 1 is 1.17 bits per heavy atom. The zero-order valence-corrected chi connectivity index (χ0v) is 13.8. The van der Waals surface area contributed by atoms with Gasteiger partial charge in [-0.25, -0.2) is 0 Å². The smallest absolute Gasteiger partial charge is 0.287 e. The number of carbonyl (C=O) groups excluding carboxylic acids is 1. The third kappa shape index (κ3) is 5.11. The zero-order valence-electron chi connectivity index (χ0n) is 13.8. The van der Waals surface area contributed by atoms with Crippen molar-refractivity contribution in [3.05, 3.63) is 60.2 Å². The minimum atomic E-state index is -0.242. The van der Waals surface area contributed by atoms with E-state index in [0.29, 0.717) is 0 Å². The maximum Gasteiger partial charge on any atom is 0.287 e. The van der Waals surface area contributed by atoms with Crippen LogP contribution in [0.1, 0.15) is 31.4 Å². The molecule has 0 saturated carbocycles. The van der Waals surface area contributed by atoms with E-state index in [-0.39, 0.29) is 11.9 Å². The number of hydrogen-bond donors (Lipinski definition) is 2. The van der Waals surface area contributed by atoms with Crippen molar-refractivity contribution < 1.29 is 14.8 Å². The third-order valence-electron chi connectivity index (χ3n) is 3.74. The van der Waals surface area contributed by atoms with Crippen molar-refractivity contribution in [3.8, 4) is 5.75 Å². The molecule has 2 aromatic rings. The Morgan fingerprint density at radius 3 is 2.65 bits per heavy atom. The normalized spacial score (nSPS) is 11.7. The maximum absolute atomic E-state index is 12.7. The molecule has 0 aliphatic heterocycles. The van der Waals surface area contributed by atoms with E-state index in [1.807, 2.05) is 54.6 Å². The van der Waals surface area contributed by atoms with Crippen molar-refractivity contribution in [2.24, 2.45) is 0 Å². The molecule has 0 radical (unpaired) electrons. The van der Waals surface area contributed by atoms with Crippen LogP contribution in [0.4, 0.5) is 5.69 Å². The quantitative estimate of drug-likeness (QED) is 0.736. The standard InChI is InChI=1S/C19H24N2O2/c1-3-4-13-20-18(15-9-6-5-7-10-15)19(22)21-16-11-8-12-17(14-16)23-2/h5-12,14,18,20H,3-4,13H2,1-2H3,(H,21,22)/p+1/t18-/m1/s1. The van der Waals surface area contributed by atoms with Crippen LogP contribution in [-0.2, 0) is 4.79 Å². The Kier molecular flexibility index (Phi) is 6.63. The lowest BCUT2D eigenvalue weighted by Crippen LogP contribution is -2.87. The van der Waals surface area contributed by atoms with E-state index in [2.05, 4.69) is 17.6 Å². The fraction of sp³-hybridized carbons (Fsp3) is 0.316. The molecule has 2 aromatic carbocycles. The summed E-state index contributed by atoms with van der Waals surface area (Å²) in [5, 5.41) is 5.10. The number of nitrogens with two attached hydrogens (primary N) is 1. The van der Waals surface area contributed by atoms with E-state index >= 15 is 0 Å². The number of hydrogen-bond acceptors (Lipinski definition) is 2. The fourth-order valence-corrected chi connectivity index (χ4v) is 2.46. The highest BCUT2D eigenvalue weighted by Gasteiger charge is 2.23. The van der Waals surface area contributed by atoms with Crippen molar-refractivity contribution in [1.29, 1.82) is 0 Å². The molecule has 23 heavy (non-hydrogen) atoms. The molecular formula is C19H25N2O2+. The first kappa shape index (κ1) is 17.0. The summed E-state index contributed by atoms with van der Waals surface area (Å²) in [6.07, 6.45) is 2.21. The van der Waals surface area contributed by atoms with E-state index in [9.17, 15) is 4.79 Å². The second-order valence-corrected chi connectivity index (χ2v) is 5.49. The topological polar surface area (TPSA) is 54.9 Å². The molecule has 0 aliphatic rings. The van der Waals surface area contributed by atoms with Crippen LogP contribution in [0.15, 0.2) is 54.6 Å². The molecule has 0 aliphatic carbocycles. The highest BCUT2D eigenvalue weighted by Crippen LogP contribution is 2.18. The largest absolute Gasteiger partial charge is 0.497 e. The number of anilines is 1.